The number of rotatable bonds is 3. The molecule has 0 bridgehead atoms. The van der Waals surface area contributed by atoms with Crippen LogP contribution in [0.15, 0.2) is 0 Å². The van der Waals surface area contributed by atoms with Crippen molar-refractivity contribution in [3.05, 3.63) is 0 Å². The Labute approximate surface area is 58.1 Å². The van der Waals surface area contributed by atoms with Crippen molar-refractivity contribution in [2.75, 3.05) is 6.61 Å². The van der Waals surface area contributed by atoms with E-state index in [-0.39, 0.29) is 6.61 Å². The van der Waals surface area contributed by atoms with Gasteiger partial charge in [-0.3, -0.25) is 0 Å². The summed E-state index contributed by atoms with van der Waals surface area (Å²) in [6, 6.07) is 0. The second kappa shape index (κ2) is 4.08. The van der Waals surface area contributed by atoms with Gasteiger partial charge in [0.05, 0.1) is 11.6 Å². The third-order valence-electron chi connectivity index (χ3n) is 0.593. The lowest BCUT2D eigenvalue weighted by Gasteiger charge is -1.97. The van der Waals surface area contributed by atoms with Crippen molar-refractivity contribution in [3.63, 3.8) is 0 Å². The molecule has 0 spiro atoms. The van der Waals surface area contributed by atoms with Crippen LogP contribution in [-0.4, -0.2) is 17.7 Å². The molecule has 0 unspecified atom stereocenters. The maximum absolute atomic E-state index is 9.90. The highest BCUT2D eigenvalue weighted by molar-refractivity contribution is 7.80. The van der Waals surface area contributed by atoms with Crippen molar-refractivity contribution >= 4 is 23.3 Å². The molecule has 0 aromatic heterocycles. The third-order valence-corrected chi connectivity index (χ3v) is 0.797. The molecule has 52 valence electrons. The van der Waals surface area contributed by atoms with Crippen molar-refractivity contribution in [3.8, 4) is 0 Å². The van der Waals surface area contributed by atoms with E-state index in [1.54, 1.807) is 0 Å². The first kappa shape index (κ1) is 8.16. The Bertz CT molecular complexity index is 112. The molecule has 0 saturated heterocycles. The van der Waals surface area contributed by atoms with Gasteiger partial charge in [0.15, 0.2) is 0 Å². The van der Waals surface area contributed by atoms with E-state index in [2.05, 4.69) is 22.7 Å². The van der Waals surface area contributed by atoms with E-state index in [4.69, 9.17) is 5.73 Å². The standard InChI is InChI=1S/C4H8N2O2S/c5-3(9)1-2-8-4(6)7/h1-2H2,(H2,5,9)(H2,6,7). The quantitative estimate of drug-likeness (QED) is 0.541. The van der Waals surface area contributed by atoms with E-state index in [0.29, 0.717) is 11.4 Å². The maximum Gasteiger partial charge on any atom is 0.404 e. The van der Waals surface area contributed by atoms with Gasteiger partial charge in [-0.25, -0.2) is 4.79 Å². The van der Waals surface area contributed by atoms with Crippen LogP contribution < -0.4 is 11.5 Å². The molecule has 0 aliphatic carbocycles. The molecule has 0 aliphatic heterocycles. The predicted octanol–water partition coefficient (Wildman–Crippen LogP) is -0.242. The Hall–Kier alpha value is -0.840. The molecule has 0 heterocycles. The van der Waals surface area contributed by atoms with E-state index >= 15 is 0 Å². The van der Waals surface area contributed by atoms with E-state index in [1.807, 2.05) is 0 Å². The first-order chi connectivity index (χ1) is 4.13. The summed E-state index contributed by atoms with van der Waals surface area (Å²) in [5.41, 5.74) is 9.71. The number of carbonyl (C=O) groups excluding carboxylic acids is 1. The van der Waals surface area contributed by atoms with Crippen molar-refractivity contribution in [2.45, 2.75) is 6.42 Å². The number of thiocarbonyl (C=S) groups is 1. The van der Waals surface area contributed by atoms with Gasteiger partial charge in [0.1, 0.15) is 0 Å². The van der Waals surface area contributed by atoms with Gasteiger partial charge in [-0.2, -0.15) is 0 Å². The molecular weight excluding hydrogens is 140 g/mol. The Morgan fingerprint density at radius 3 is 2.44 bits per heavy atom. The zero-order chi connectivity index (χ0) is 7.28. The van der Waals surface area contributed by atoms with Gasteiger partial charge in [0.25, 0.3) is 0 Å². The summed E-state index contributed by atoms with van der Waals surface area (Å²) in [4.78, 5) is 10.2. The van der Waals surface area contributed by atoms with E-state index < -0.39 is 6.09 Å². The monoisotopic (exact) mass is 148 g/mol. The average molecular weight is 148 g/mol. The number of carbonyl (C=O) groups is 1. The van der Waals surface area contributed by atoms with E-state index in [9.17, 15) is 4.79 Å². The number of ether oxygens (including phenoxy) is 1. The summed E-state index contributed by atoms with van der Waals surface area (Å²) in [6.07, 6.45) is -0.413. The van der Waals surface area contributed by atoms with Gasteiger partial charge in [-0.1, -0.05) is 12.2 Å². The number of hydrogen-bond donors (Lipinski definition) is 2. The average Bonchev–Trinajstić information content (AvgIpc) is 1.63. The number of amides is 1. The fourth-order valence-electron chi connectivity index (χ4n) is 0.252. The Morgan fingerprint density at radius 1 is 1.56 bits per heavy atom. The molecule has 0 rings (SSSR count). The van der Waals surface area contributed by atoms with Gasteiger partial charge in [0.2, 0.25) is 0 Å². The van der Waals surface area contributed by atoms with Crippen LogP contribution in [0.4, 0.5) is 4.79 Å². The summed E-state index contributed by atoms with van der Waals surface area (Å²) in [5, 5.41) is 0. The van der Waals surface area contributed by atoms with E-state index in [0.717, 1.165) is 0 Å². The minimum atomic E-state index is -0.800. The maximum atomic E-state index is 9.90. The fraction of sp³-hybridized carbons (Fsp3) is 0.500. The molecule has 1 amide bonds. The normalized spacial score (nSPS) is 8.44. The number of primary amides is 1. The Kier molecular flexibility index (Phi) is 3.70. The minimum absolute atomic E-state index is 0.171. The Morgan fingerprint density at radius 2 is 2.11 bits per heavy atom. The SMILES string of the molecule is NC(=O)OCCC(N)=S. The second-order valence-corrected chi connectivity index (χ2v) is 1.91. The first-order valence-corrected chi connectivity index (χ1v) is 2.74. The largest absolute Gasteiger partial charge is 0.449 e. The van der Waals surface area contributed by atoms with Gasteiger partial charge >= 0.3 is 6.09 Å². The zero-order valence-corrected chi connectivity index (χ0v) is 5.61. The summed E-state index contributed by atoms with van der Waals surface area (Å²) in [7, 11) is 0. The molecule has 0 aromatic rings. The topological polar surface area (TPSA) is 78.3 Å². The first-order valence-electron chi connectivity index (χ1n) is 2.33. The molecule has 0 aliphatic rings. The van der Waals surface area contributed by atoms with Crippen molar-refractivity contribution in [2.24, 2.45) is 11.5 Å². The molecule has 0 atom stereocenters. The van der Waals surface area contributed by atoms with Gasteiger partial charge in [-0.05, 0) is 0 Å². The zero-order valence-electron chi connectivity index (χ0n) is 4.79. The van der Waals surface area contributed by atoms with Crippen LogP contribution in [0.3, 0.4) is 0 Å². The van der Waals surface area contributed by atoms with Crippen molar-refractivity contribution in [1.82, 2.24) is 0 Å². The van der Waals surface area contributed by atoms with Crippen LogP contribution >= 0.6 is 12.2 Å². The summed E-state index contributed by atoms with van der Waals surface area (Å²) in [6.45, 7) is 0.171. The highest BCUT2D eigenvalue weighted by atomic mass is 32.1. The van der Waals surface area contributed by atoms with Gasteiger partial charge < -0.3 is 16.2 Å². The highest BCUT2D eigenvalue weighted by Crippen LogP contribution is 1.81. The smallest absolute Gasteiger partial charge is 0.404 e. The molecule has 5 heteroatoms. The summed E-state index contributed by atoms with van der Waals surface area (Å²) in [5.74, 6) is 0. The van der Waals surface area contributed by atoms with E-state index in [1.165, 1.54) is 0 Å². The molecule has 0 saturated carbocycles. The lowest BCUT2D eigenvalue weighted by molar-refractivity contribution is 0.160. The van der Waals surface area contributed by atoms with Crippen molar-refractivity contribution in [1.29, 1.82) is 0 Å². The molecular formula is C4H8N2O2S. The molecule has 0 aromatic carbocycles. The van der Waals surface area contributed by atoms with Crippen LogP contribution in [0, 0.1) is 0 Å². The lowest BCUT2D eigenvalue weighted by atomic mass is 10.5. The lowest BCUT2D eigenvalue weighted by Crippen LogP contribution is -2.17. The Balaban J connectivity index is 3.10. The molecule has 0 radical (unpaired) electrons. The van der Waals surface area contributed by atoms with Gasteiger partial charge in [-0.15, -0.1) is 0 Å². The van der Waals surface area contributed by atoms with Crippen LogP contribution in [-0.2, 0) is 4.74 Å². The summed E-state index contributed by atoms with van der Waals surface area (Å²) < 4.78 is 4.32. The van der Waals surface area contributed by atoms with Crippen molar-refractivity contribution < 1.29 is 9.53 Å². The van der Waals surface area contributed by atoms with Gasteiger partial charge in [0, 0.05) is 6.42 Å². The predicted molar refractivity (Wildman–Crippen MR) is 36.9 cm³/mol. The summed E-state index contributed by atoms with van der Waals surface area (Å²) >= 11 is 4.49. The van der Waals surface area contributed by atoms with Crippen LogP contribution in [0.5, 0.6) is 0 Å². The minimum Gasteiger partial charge on any atom is -0.449 e. The fourth-order valence-corrected chi connectivity index (χ4v) is 0.336. The number of nitrogens with two attached hydrogens (primary N) is 2. The number of hydrogen-bond acceptors (Lipinski definition) is 3. The highest BCUT2D eigenvalue weighted by Gasteiger charge is 1.93. The van der Waals surface area contributed by atoms with Crippen LogP contribution in [0.2, 0.25) is 0 Å². The molecule has 4 nitrogen and oxygen atoms in total. The molecule has 0 fully saturated rings. The third kappa shape index (κ3) is 7.16. The van der Waals surface area contributed by atoms with Crippen LogP contribution in [0.25, 0.3) is 0 Å². The van der Waals surface area contributed by atoms with Crippen LogP contribution in [0.1, 0.15) is 6.42 Å². The molecule has 9 heavy (non-hydrogen) atoms. The molecule has 4 N–H and O–H groups in total. The second-order valence-electron chi connectivity index (χ2n) is 1.38.